The molecule has 0 aromatic heterocycles. The molecule has 2 saturated carbocycles. The van der Waals surface area contributed by atoms with Crippen molar-refractivity contribution in [1.29, 1.82) is 0 Å². The van der Waals surface area contributed by atoms with Crippen LogP contribution in [0.25, 0.3) is 0 Å². The van der Waals surface area contributed by atoms with Gasteiger partial charge in [0.05, 0.1) is 0 Å². The summed E-state index contributed by atoms with van der Waals surface area (Å²) in [6.07, 6.45) is 3.42. The van der Waals surface area contributed by atoms with Crippen LogP contribution in [0.15, 0.2) is 0 Å². The molecular formula is C11H18O. The lowest BCUT2D eigenvalue weighted by Crippen LogP contribution is -2.39. The highest BCUT2D eigenvalue weighted by atomic mass is 16.1. The number of ketones is 1. The number of fused-ring (bicyclic) bond motifs is 2. The zero-order valence-electron chi connectivity index (χ0n) is 8.26. The van der Waals surface area contributed by atoms with Crippen LogP contribution in [0.1, 0.15) is 40.0 Å². The minimum Gasteiger partial charge on any atom is -0.299 e. The van der Waals surface area contributed by atoms with Gasteiger partial charge in [-0.05, 0) is 30.1 Å². The molecule has 2 aliphatic rings. The van der Waals surface area contributed by atoms with Crippen molar-refractivity contribution >= 4 is 5.78 Å². The van der Waals surface area contributed by atoms with E-state index in [9.17, 15) is 4.79 Å². The fourth-order valence-electron chi connectivity index (χ4n) is 3.34. The Morgan fingerprint density at radius 3 is 2.67 bits per heavy atom. The average Bonchev–Trinajstić information content (AvgIpc) is 2.14. The second kappa shape index (κ2) is 2.34. The highest BCUT2D eigenvalue weighted by molar-refractivity contribution is 5.82. The van der Waals surface area contributed by atoms with Crippen molar-refractivity contribution in [3.8, 4) is 0 Å². The summed E-state index contributed by atoms with van der Waals surface area (Å²) in [7, 11) is 0. The van der Waals surface area contributed by atoms with Crippen LogP contribution >= 0.6 is 0 Å². The Kier molecular flexibility index (Phi) is 1.61. The van der Waals surface area contributed by atoms with Crippen LogP contribution in [0, 0.1) is 23.2 Å². The first-order chi connectivity index (χ1) is 5.53. The van der Waals surface area contributed by atoms with E-state index in [1.165, 1.54) is 12.8 Å². The van der Waals surface area contributed by atoms with E-state index < -0.39 is 0 Å². The molecule has 2 bridgehead atoms. The zero-order chi connectivity index (χ0) is 8.93. The van der Waals surface area contributed by atoms with Crippen molar-refractivity contribution in [1.82, 2.24) is 0 Å². The average molecular weight is 166 g/mol. The molecule has 2 aliphatic carbocycles. The maximum Gasteiger partial charge on any atom is 0.136 e. The fraction of sp³-hybridized carbons (Fsp3) is 0.909. The van der Waals surface area contributed by atoms with Crippen molar-refractivity contribution in [3.05, 3.63) is 0 Å². The molecule has 68 valence electrons. The van der Waals surface area contributed by atoms with Gasteiger partial charge in [-0.3, -0.25) is 4.79 Å². The maximum atomic E-state index is 11.5. The van der Waals surface area contributed by atoms with Gasteiger partial charge in [0.2, 0.25) is 0 Å². The molecule has 3 atom stereocenters. The number of Topliss-reactive ketones (excluding diaryl/α,β-unsaturated/α-hetero) is 1. The monoisotopic (exact) mass is 166 g/mol. The predicted octanol–water partition coefficient (Wildman–Crippen LogP) is 2.65. The molecule has 0 aromatic rings. The number of carbonyl (C=O) groups excluding carboxylic acids is 1. The van der Waals surface area contributed by atoms with Crippen LogP contribution in [0.5, 0.6) is 0 Å². The Bertz CT molecular complexity index is 217. The minimum absolute atomic E-state index is 0.332. The molecule has 0 radical (unpaired) electrons. The summed E-state index contributed by atoms with van der Waals surface area (Å²) in [6, 6.07) is 0. The lowest BCUT2D eigenvalue weighted by atomic mass is 9.63. The quantitative estimate of drug-likeness (QED) is 0.540. The second-order valence-electron chi connectivity index (χ2n) is 5.16. The van der Waals surface area contributed by atoms with E-state index >= 15 is 0 Å². The van der Waals surface area contributed by atoms with Crippen molar-refractivity contribution in [2.45, 2.75) is 40.0 Å². The highest BCUT2D eigenvalue weighted by Crippen LogP contribution is 2.55. The van der Waals surface area contributed by atoms with E-state index in [4.69, 9.17) is 0 Å². The third kappa shape index (κ3) is 0.884. The molecule has 2 rings (SSSR count). The third-order valence-electron chi connectivity index (χ3n) is 4.39. The zero-order valence-corrected chi connectivity index (χ0v) is 8.26. The predicted molar refractivity (Wildman–Crippen MR) is 48.8 cm³/mol. The van der Waals surface area contributed by atoms with E-state index in [0.29, 0.717) is 29.0 Å². The fourth-order valence-corrected chi connectivity index (χ4v) is 3.34. The molecule has 0 aliphatic heterocycles. The summed E-state index contributed by atoms with van der Waals surface area (Å²) in [5.74, 6) is 2.20. The first-order valence-corrected chi connectivity index (χ1v) is 5.06. The first-order valence-electron chi connectivity index (χ1n) is 5.06. The van der Waals surface area contributed by atoms with E-state index in [1.54, 1.807) is 0 Å². The van der Waals surface area contributed by atoms with Gasteiger partial charge in [-0.15, -0.1) is 0 Å². The van der Waals surface area contributed by atoms with Gasteiger partial charge >= 0.3 is 0 Å². The van der Waals surface area contributed by atoms with Crippen molar-refractivity contribution in [2.24, 2.45) is 23.2 Å². The van der Waals surface area contributed by atoms with Gasteiger partial charge in [-0.1, -0.05) is 20.8 Å². The summed E-state index contributed by atoms with van der Waals surface area (Å²) < 4.78 is 0. The van der Waals surface area contributed by atoms with Crippen molar-refractivity contribution in [3.63, 3.8) is 0 Å². The van der Waals surface area contributed by atoms with E-state index in [2.05, 4.69) is 20.8 Å². The molecular weight excluding hydrogens is 148 g/mol. The molecule has 2 fully saturated rings. The van der Waals surface area contributed by atoms with E-state index in [0.717, 1.165) is 6.42 Å². The Morgan fingerprint density at radius 1 is 1.33 bits per heavy atom. The lowest BCUT2D eigenvalue weighted by molar-refractivity contribution is -0.130. The third-order valence-corrected chi connectivity index (χ3v) is 4.39. The molecule has 0 heterocycles. The summed E-state index contributed by atoms with van der Waals surface area (Å²) >= 11 is 0. The summed E-state index contributed by atoms with van der Waals surface area (Å²) in [5.41, 5.74) is 0.438. The maximum absolute atomic E-state index is 11.5. The van der Waals surface area contributed by atoms with E-state index in [1.807, 2.05) is 0 Å². The Labute approximate surface area is 74.5 Å². The SMILES string of the molecule is C[C@H]1C(=O)C[C@@H]2CC[C@H]1C2(C)C. The van der Waals surface area contributed by atoms with Gasteiger partial charge in [0.1, 0.15) is 5.78 Å². The van der Waals surface area contributed by atoms with Crippen LogP contribution in [-0.4, -0.2) is 5.78 Å². The molecule has 12 heavy (non-hydrogen) atoms. The van der Waals surface area contributed by atoms with Crippen molar-refractivity contribution < 1.29 is 4.79 Å². The highest BCUT2D eigenvalue weighted by Gasteiger charge is 2.51. The van der Waals surface area contributed by atoms with Crippen LogP contribution in [-0.2, 0) is 4.79 Å². The van der Waals surface area contributed by atoms with Gasteiger partial charge in [0.25, 0.3) is 0 Å². The van der Waals surface area contributed by atoms with Crippen LogP contribution < -0.4 is 0 Å². The van der Waals surface area contributed by atoms with Crippen LogP contribution in [0.3, 0.4) is 0 Å². The Balaban J connectivity index is 2.31. The second-order valence-corrected chi connectivity index (χ2v) is 5.16. The smallest absolute Gasteiger partial charge is 0.136 e. The molecule has 1 nitrogen and oxygen atoms in total. The first kappa shape index (κ1) is 8.28. The van der Waals surface area contributed by atoms with E-state index in [-0.39, 0.29) is 0 Å². The topological polar surface area (TPSA) is 17.1 Å². The Hall–Kier alpha value is -0.330. The molecule has 0 unspecified atom stereocenters. The van der Waals surface area contributed by atoms with Gasteiger partial charge in [-0.2, -0.15) is 0 Å². The number of rotatable bonds is 0. The molecule has 1 heteroatoms. The standard InChI is InChI=1S/C11H18O/c1-7-9-5-4-8(6-10(7)12)11(9,2)3/h7-9H,4-6H2,1-3H3/t7-,8+,9-/m1/s1. The number of hydrogen-bond acceptors (Lipinski definition) is 1. The van der Waals surface area contributed by atoms with Gasteiger partial charge in [0.15, 0.2) is 0 Å². The van der Waals surface area contributed by atoms with Crippen molar-refractivity contribution in [2.75, 3.05) is 0 Å². The van der Waals surface area contributed by atoms with Gasteiger partial charge in [-0.25, -0.2) is 0 Å². The molecule has 0 amide bonds. The van der Waals surface area contributed by atoms with Gasteiger partial charge < -0.3 is 0 Å². The van der Waals surface area contributed by atoms with Crippen LogP contribution in [0.4, 0.5) is 0 Å². The van der Waals surface area contributed by atoms with Gasteiger partial charge in [0, 0.05) is 12.3 Å². The summed E-state index contributed by atoms with van der Waals surface area (Å²) in [6.45, 7) is 6.81. The molecule has 0 aromatic carbocycles. The molecule has 0 N–H and O–H groups in total. The Morgan fingerprint density at radius 2 is 2.00 bits per heavy atom. The molecule has 0 spiro atoms. The normalized spacial score (nSPS) is 44.9. The number of carbonyl (C=O) groups is 1. The largest absolute Gasteiger partial charge is 0.299 e. The minimum atomic E-state index is 0.332. The summed E-state index contributed by atoms with van der Waals surface area (Å²) in [4.78, 5) is 11.5. The molecule has 0 saturated heterocycles. The number of hydrogen-bond donors (Lipinski definition) is 0. The summed E-state index contributed by atoms with van der Waals surface area (Å²) in [5, 5.41) is 0. The van der Waals surface area contributed by atoms with Crippen LogP contribution in [0.2, 0.25) is 0 Å². The lowest BCUT2D eigenvalue weighted by Gasteiger charge is -2.40.